The van der Waals surface area contributed by atoms with Crippen molar-refractivity contribution < 1.29 is 28.6 Å². The van der Waals surface area contributed by atoms with Crippen molar-refractivity contribution in [2.75, 3.05) is 25.6 Å². The Bertz CT molecular complexity index is 1170. The number of hydrazone groups is 1. The van der Waals surface area contributed by atoms with Gasteiger partial charge in [-0.3, -0.25) is 14.4 Å². The Morgan fingerprint density at radius 3 is 2.61 bits per heavy atom. The fourth-order valence-corrected chi connectivity index (χ4v) is 2.93. The van der Waals surface area contributed by atoms with Gasteiger partial charge in [-0.05, 0) is 19.1 Å². The lowest BCUT2D eigenvalue weighted by Crippen LogP contribution is -2.39. The first-order chi connectivity index (χ1) is 14.9. The molecule has 0 atom stereocenters. The highest BCUT2D eigenvalue weighted by atomic mass is 16.5. The summed E-state index contributed by atoms with van der Waals surface area (Å²) >= 11 is 0. The number of amides is 3. The van der Waals surface area contributed by atoms with Crippen LogP contribution >= 0.6 is 0 Å². The number of hydrogen-bond donors (Lipinski definition) is 4. The molecule has 0 unspecified atom stereocenters. The smallest absolute Gasteiger partial charge is 0.329 e. The van der Waals surface area contributed by atoms with E-state index in [1.807, 2.05) is 24.3 Å². The minimum atomic E-state index is -0.995. The summed E-state index contributed by atoms with van der Waals surface area (Å²) in [6.45, 7) is 1.20. The SMILES string of the molecule is COc1cc2c(cc1NC(=O)C/C(C)=N\NC(=O)C(=O)NCCO)oc1ccccc12. The van der Waals surface area contributed by atoms with E-state index in [2.05, 4.69) is 21.2 Å². The molecule has 3 aromatic rings. The number of nitrogens with zero attached hydrogens (tertiary/aromatic N) is 1. The van der Waals surface area contributed by atoms with Crippen molar-refractivity contribution in [2.24, 2.45) is 5.10 Å². The molecule has 1 aromatic heterocycles. The number of benzene rings is 2. The fourth-order valence-electron chi connectivity index (χ4n) is 2.93. The van der Waals surface area contributed by atoms with E-state index in [1.54, 1.807) is 12.1 Å². The van der Waals surface area contributed by atoms with Crippen LogP contribution in [-0.4, -0.2) is 48.8 Å². The topological polar surface area (TPSA) is 142 Å². The minimum absolute atomic E-state index is 0.0469. The van der Waals surface area contributed by atoms with Crippen LogP contribution in [0.3, 0.4) is 0 Å². The molecular weight excluding hydrogens is 404 g/mol. The van der Waals surface area contributed by atoms with E-state index >= 15 is 0 Å². The van der Waals surface area contributed by atoms with Gasteiger partial charge in [0, 0.05) is 29.1 Å². The average molecular weight is 426 g/mol. The number of nitrogens with one attached hydrogen (secondary N) is 3. The zero-order valence-corrected chi connectivity index (χ0v) is 17.0. The third-order valence-corrected chi connectivity index (χ3v) is 4.34. The number of fused-ring (bicyclic) bond motifs is 3. The van der Waals surface area contributed by atoms with Gasteiger partial charge in [-0.25, -0.2) is 5.43 Å². The van der Waals surface area contributed by atoms with Crippen molar-refractivity contribution in [3.63, 3.8) is 0 Å². The van der Waals surface area contributed by atoms with Crippen molar-refractivity contribution in [1.82, 2.24) is 10.7 Å². The number of furan rings is 1. The molecule has 0 bridgehead atoms. The molecule has 3 rings (SSSR count). The van der Waals surface area contributed by atoms with Crippen LogP contribution in [0, 0.1) is 0 Å². The van der Waals surface area contributed by atoms with Crippen molar-refractivity contribution in [3.05, 3.63) is 36.4 Å². The Hall–Kier alpha value is -3.92. The molecule has 3 amide bonds. The summed E-state index contributed by atoms with van der Waals surface area (Å²) in [7, 11) is 1.50. The molecule has 0 saturated carbocycles. The van der Waals surface area contributed by atoms with Crippen molar-refractivity contribution in [3.8, 4) is 5.75 Å². The highest BCUT2D eigenvalue weighted by Crippen LogP contribution is 2.36. The van der Waals surface area contributed by atoms with Crippen LogP contribution in [0.4, 0.5) is 5.69 Å². The Morgan fingerprint density at radius 1 is 1.10 bits per heavy atom. The first kappa shape index (κ1) is 21.8. The number of anilines is 1. The predicted octanol–water partition coefficient (Wildman–Crippen LogP) is 1.52. The number of methoxy groups -OCH3 is 1. The summed E-state index contributed by atoms with van der Waals surface area (Å²) in [5.74, 6) is -1.85. The summed E-state index contributed by atoms with van der Waals surface area (Å²) in [6, 6.07) is 11.1. The number of rotatable bonds is 7. The first-order valence-corrected chi connectivity index (χ1v) is 9.44. The highest BCUT2D eigenvalue weighted by Gasteiger charge is 2.15. The average Bonchev–Trinajstić information content (AvgIpc) is 3.12. The third-order valence-electron chi connectivity index (χ3n) is 4.34. The van der Waals surface area contributed by atoms with Gasteiger partial charge in [-0.2, -0.15) is 5.10 Å². The van der Waals surface area contributed by atoms with Crippen LogP contribution in [0.1, 0.15) is 13.3 Å². The van der Waals surface area contributed by atoms with E-state index < -0.39 is 17.7 Å². The monoisotopic (exact) mass is 426 g/mol. The molecule has 10 heteroatoms. The van der Waals surface area contributed by atoms with Crippen LogP contribution in [0.15, 0.2) is 45.9 Å². The van der Waals surface area contributed by atoms with Gasteiger partial charge in [0.2, 0.25) is 5.91 Å². The molecule has 0 saturated heterocycles. The Labute approximate surface area is 177 Å². The lowest BCUT2D eigenvalue weighted by molar-refractivity contribution is -0.139. The normalized spacial score (nSPS) is 11.4. The molecule has 0 radical (unpaired) electrons. The van der Waals surface area contributed by atoms with Crippen LogP contribution in [0.25, 0.3) is 21.9 Å². The third kappa shape index (κ3) is 5.17. The summed E-state index contributed by atoms with van der Waals surface area (Å²) in [4.78, 5) is 35.4. The molecule has 0 aliphatic carbocycles. The minimum Gasteiger partial charge on any atom is -0.495 e. The Kier molecular flexibility index (Phi) is 6.83. The second-order valence-corrected chi connectivity index (χ2v) is 6.64. The van der Waals surface area contributed by atoms with Gasteiger partial charge in [0.15, 0.2) is 0 Å². The lowest BCUT2D eigenvalue weighted by Gasteiger charge is -2.10. The van der Waals surface area contributed by atoms with Gasteiger partial charge in [-0.15, -0.1) is 0 Å². The van der Waals surface area contributed by atoms with E-state index in [0.29, 0.717) is 17.0 Å². The zero-order chi connectivity index (χ0) is 22.4. The van der Waals surface area contributed by atoms with Crippen LogP contribution in [0.2, 0.25) is 0 Å². The van der Waals surface area contributed by atoms with E-state index in [1.165, 1.54) is 14.0 Å². The molecule has 10 nitrogen and oxygen atoms in total. The number of aliphatic hydroxyl groups excluding tert-OH is 1. The highest BCUT2D eigenvalue weighted by molar-refractivity contribution is 6.35. The zero-order valence-electron chi connectivity index (χ0n) is 17.0. The lowest BCUT2D eigenvalue weighted by atomic mass is 10.1. The van der Waals surface area contributed by atoms with E-state index in [9.17, 15) is 14.4 Å². The van der Waals surface area contributed by atoms with Gasteiger partial charge < -0.3 is 24.9 Å². The summed E-state index contributed by atoms with van der Waals surface area (Å²) < 4.78 is 11.2. The maximum absolute atomic E-state index is 12.4. The predicted molar refractivity (Wildman–Crippen MR) is 115 cm³/mol. The van der Waals surface area contributed by atoms with E-state index in [-0.39, 0.29) is 25.3 Å². The first-order valence-electron chi connectivity index (χ1n) is 9.44. The number of carbonyl (C=O) groups is 3. The molecular formula is C21H22N4O6. The van der Waals surface area contributed by atoms with Gasteiger partial charge in [0.1, 0.15) is 16.9 Å². The quantitative estimate of drug-likeness (QED) is 0.256. The largest absolute Gasteiger partial charge is 0.495 e. The van der Waals surface area contributed by atoms with Crippen LogP contribution in [-0.2, 0) is 14.4 Å². The second kappa shape index (κ2) is 9.72. The molecule has 0 fully saturated rings. The van der Waals surface area contributed by atoms with Crippen LogP contribution in [0.5, 0.6) is 5.75 Å². The van der Waals surface area contributed by atoms with E-state index in [0.717, 1.165) is 16.4 Å². The molecule has 2 aromatic carbocycles. The van der Waals surface area contributed by atoms with Crippen molar-refractivity contribution >= 4 is 51.1 Å². The van der Waals surface area contributed by atoms with Crippen molar-refractivity contribution in [1.29, 1.82) is 0 Å². The number of ether oxygens (including phenoxy) is 1. The van der Waals surface area contributed by atoms with E-state index in [4.69, 9.17) is 14.3 Å². The molecule has 0 aliphatic heterocycles. The molecule has 0 spiro atoms. The fraction of sp³-hybridized carbons (Fsp3) is 0.238. The second-order valence-electron chi connectivity index (χ2n) is 6.64. The number of aliphatic hydroxyl groups is 1. The van der Waals surface area contributed by atoms with Gasteiger partial charge in [0.25, 0.3) is 0 Å². The summed E-state index contributed by atoms with van der Waals surface area (Å²) in [5.41, 5.74) is 4.10. The van der Waals surface area contributed by atoms with Gasteiger partial charge in [-0.1, -0.05) is 18.2 Å². The molecule has 1 heterocycles. The standard InChI is InChI=1S/C21H22N4O6/c1-12(24-25-21(29)20(28)22-7-8-26)9-19(27)23-15-11-17-14(10-18(15)30-2)13-5-3-4-6-16(13)31-17/h3-6,10-11,26H,7-9H2,1-2H3,(H,22,28)(H,23,27)(H,25,29)/b24-12-. The number of carbonyl (C=O) groups excluding carboxylic acids is 3. The van der Waals surface area contributed by atoms with Crippen LogP contribution < -0.4 is 20.8 Å². The number of para-hydroxylation sites is 1. The summed E-state index contributed by atoms with van der Waals surface area (Å²) in [5, 5.41) is 19.1. The molecule has 0 aliphatic rings. The molecule has 4 N–H and O–H groups in total. The maximum atomic E-state index is 12.4. The summed E-state index contributed by atoms with van der Waals surface area (Å²) in [6.07, 6.45) is -0.125. The maximum Gasteiger partial charge on any atom is 0.329 e. The van der Waals surface area contributed by atoms with Crippen molar-refractivity contribution in [2.45, 2.75) is 13.3 Å². The van der Waals surface area contributed by atoms with Gasteiger partial charge >= 0.3 is 11.8 Å². The Morgan fingerprint density at radius 2 is 1.87 bits per heavy atom. The molecule has 162 valence electrons. The Balaban J connectivity index is 1.68. The van der Waals surface area contributed by atoms with Gasteiger partial charge in [0.05, 0.1) is 25.8 Å². The molecule has 31 heavy (non-hydrogen) atoms. The number of hydrogen-bond acceptors (Lipinski definition) is 7.